The van der Waals surface area contributed by atoms with Crippen molar-refractivity contribution in [3.05, 3.63) is 0 Å². The molecule has 0 bridgehead atoms. The lowest BCUT2D eigenvalue weighted by Crippen LogP contribution is -2.43. The molecule has 0 aromatic carbocycles. The van der Waals surface area contributed by atoms with Crippen molar-refractivity contribution >= 4 is 0 Å². The molecule has 0 saturated carbocycles. The van der Waals surface area contributed by atoms with Crippen molar-refractivity contribution in [1.29, 1.82) is 0 Å². The summed E-state index contributed by atoms with van der Waals surface area (Å²) < 4.78 is 9.86. The third-order valence-corrected chi connectivity index (χ3v) is 2.07. The van der Waals surface area contributed by atoms with Crippen LogP contribution < -0.4 is 0 Å². The van der Waals surface area contributed by atoms with Gasteiger partial charge in [0.2, 0.25) is 5.79 Å². The molecule has 2 saturated heterocycles. The van der Waals surface area contributed by atoms with E-state index in [9.17, 15) is 10.2 Å². The van der Waals surface area contributed by atoms with Crippen LogP contribution in [0.15, 0.2) is 0 Å². The van der Waals surface area contributed by atoms with Crippen LogP contribution in [0.1, 0.15) is 0 Å². The summed E-state index contributed by atoms with van der Waals surface area (Å²) in [7, 11) is 0. The van der Waals surface area contributed by atoms with E-state index in [1.165, 1.54) is 0 Å². The highest BCUT2D eigenvalue weighted by molar-refractivity contribution is 4.97. The first-order chi connectivity index (χ1) is 5.11. The molecule has 0 aromatic heterocycles. The fourth-order valence-electron chi connectivity index (χ4n) is 1.49. The molecule has 0 aliphatic carbocycles. The molecule has 2 rings (SSSR count). The average molecular weight is 162 g/mol. The number of aliphatic hydroxyl groups excluding tert-OH is 1. The Morgan fingerprint density at radius 2 is 2.00 bits per heavy atom. The van der Waals surface area contributed by atoms with Crippen molar-refractivity contribution in [1.82, 2.24) is 0 Å². The predicted octanol–water partition coefficient (Wildman–Crippen LogP) is -2.17. The van der Waals surface area contributed by atoms with Gasteiger partial charge in [-0.1, -0.05) is 0 Å². The van der Waals surface area contributed by atoms with E-state index in [0.717, 1.165) is 0 Å². The Kier molecular flexibility index (Phi) is 1.45. The van der Waals surface area contributed by atoms with Crippen molar-refractivity contribution in [3.63, 3.8) is 0 Å². The van der Waals surface area contributed by atoms with Gasteiger partial charge in [0.05, 0.1) is 6.61 Å². The lowest BCUT2D eigenvalue weighted by atomic mass is 10.1. The summed E-state index contributed by atoms with van der Waals surface area (Å²) in [6.07, 6.45) is -2.11. The fourth-order valence-corrected chi connectivity index (χ4v) is 1.49. The number of aliphatic hydroxyl groups is 3. The number of rotatable bonds is 0. The van der Waals surface area contributed by atoms with Gasteiger partial charge in [-0.05, 0) is 0 Å². The number of hydrogen-bond acceptors (Lipinski definition) is 5. The molecule has 11 heavy (non-hydrogen) atoms. The predicted molar refractivity (Wildman–Crippen MR) is 32.7 cm³/mol. The molecule has 3 N–H and O–H groups in total. The van der Waals surface area contributed by atoms with Crippen LogP contribution in [0.3, 0.4) is 0 Å². The van der Waals surface area contributed by atoms with E-state index in [1.807, 2.05) is 0 Å². The Hall–Kier alpha value is -0.200. The largest absolute Gasteiger partial charge is 0.388 e. The Morgan fingerprint density at radius 1 is 1.27 bits per heavy atom. The van der Waals surface area contributed by atoms with Crippen molar-refractivity contribution < 1.29 is 24.8 Å². The average Bonchev–Trinajstić information content (AvgIpc) is 2.39. The molecule has 1 unspecified atom stereocenters. The lowest BCUT2D eigenvalue weighted by molar-refractivity contribution is -0.210. The summed E-state index contributed by atoms with van der Waals surface area (Å²) >= 11 is 0. The second-order valence-electron chi connectivity index (χ2n) is 2.98. The van der Waals surface area contributed by atoms with Gasteiger partial charge in [0, 0.05) is 0 Å². The van der Waals surface area contributed by atoms with Crippen LogP contribution in [0.2, 0.25) is 0 Å². The maximum absolute atomic E-state index is 9.18. The first kappa shape index (κ1) is 7.45. The van der Waals surface area contributed by atoms with Crippen LogP contribution in [0.25, 0.3) is 0 Å². The summed E-state index contributed by atoms with van der Waals surface area (Å²) in [5.74, 6) is -1.93. The van der Waals surface area contributed by atoms with Crippen LogP contribution in [0.5, 0.6) is 0 Å². The molecule has 0 amide bonds. The fraction of sp³-hybridized carbons (Fsp3) is 1.00. The minimum Gasteiger partial charge on any atom is -0.388 e. The molecule has 64 valence electrons. The number of hydrogen-bond donors (Lipinski definition) is 3. The van der Waals surface area contributed by atoms with E-state index in [-0.39, 0.29) is 13.2 Å². The zero-order valence-corrected chi connectivity index (χ0v) is 5.80. The molecule has 3 atom stereocenters. The van der Waals surface area contributed by atoms with Gasteiger partial charge in [0.1, 0.15) is 24.9 Å². The van der Waals surface area contributed by atoms with Crippen LogP contribution in [0.4, 0.5) is 0 Å². The smallest absolute Gasteiger partial charge is 0.216 e. The van der Waals surface area contributed by atoms with Gasteiger partial charge in [-0.2, -0.15) is 0 Å². The molecular formula is C6H10O5. The van der Waals surface area contributed by atoms with Gasteiger partial charge in [0.15, 0.2) is 0 Å². The maximum Gasteiger partial charge on any atom is 0.216 e. The van der Waals surface area contributed by atoms with E-state index in [1.54, 1.807) is 0 Å². The van der Waals surface area contributed by atoms with E-state index in [2.05, 4.69) is 0 Å². The molecule has 2 aliphatic rings. The van der Waals surface area contributed by atoms with E-state index < -0.39 is 24.1 Å². The minimum absolute atomic E-state index is 0.109. The van der Waals surface area contributed by atoms with Gasteiger partial charge < -0.3 is 24.8 Å². The first-order valence-electron chi connectivity index (χ1n) is 3.47. The Morgan fingerprint density at radius 3 is 2.64 bits per heavy atom. The number of fused-ring (bicyclic) bond motifs is 1. The van der Waals surface area contributed by atoms with Crippen molar-refractivity contribution in [3.8, 4) is 0 Å². The summed E-state index contributed by atoms with van der Waals surface area (Å²) in [5.41, 5.74) is 0. The summed E-state index contributed by atoms with van der Waals surface area (Å²) in [4.78, 5) is 0. The molecule has 5 nitrogen and oxygen atoms in total. The second-order valence-corrected chi connectivity index (χ2v) is 2.98. The molecule has 2 heterocycles. The van der Waals surface area contributed by atoms with Crippen LogP contribution >= 0.6 is 0 Å². The monoisotopic (exact) mass is 162 g/mol. The topological polar surface area (TPSA) is 79.2 Å². The summed E-state index contributed by atoms with van der Waals surface area (Å²) in [5, 5.41) is 27.5. The quantitative estimate of drug-likeness (QED) is 0.353. The Balaban J connectivity index is 2.17. The molecular weight excluding hydrogens is 152 g/mol. The standard InChI is InChI=1S/C6H10O5/c7-3-1-10-5-4(3)11-2-6(5,8)9/h3-5,7-9H,1-2H2/t3?,4-,5+/m1/s1. The maximum atomic E-state index is 9.18. The van der Waals surface area contributed by atoms with Crippen molar-refractivity contribution in [2.45, 2.75) is 24.1 Å². The van der Waals surface area contributed by atoms with Crippen molar-refractivity contribution in [2.75, 3.05) is 13.2 Å². The molecule has 5 heteroatoms. The molecule has 0 radical (unpaired) electrons. The van der Waals surface area contributed by atoms with Gasteiger partial charge in [-0.15, -0.1) is 0 Å². The van der Waals surface area contributed by atoms with Gasteiger partial charge in [0.25, 0.3) is 0 Å². The van der Waals surface area contributed by atoms with E-state index in [0.29, 0.717) is 0 Å². The van der Waals surface area contributed by atoms with Gasteiger partial charge in [-0.25, -0.2) is 0 Å². The van der Waals surface area contributed by atoms with E-state index >= 15 is 0 Å². The van der Waals surface area contributed by atoms with Gasteiger partial charge in [-0.3, -0.25) is 0 Å². The summed E-state index contributed by atoms with van der Waals surface area (Å²) in [6.45, 7) is -0.0857. The van der Waals surface area contributed by atoms with Crippen LogP contribution in [-0.2, 0) is 9.47 Å². The molecule has 2 fully saturated rings. The molecule has 0 spiro atoms. The number of ether oxygens (including phenoxy) is 2. The molecule has 0 aromatic rings. The summed E-state index contributed by atoms with van der Waals surface area (Å²) in [6, 6.07) is 0. The highest BCUT2D eigenvalue weighted by Crippen LogP contribution is 2.32. The first-order valence-corrected chi connectivity index (χ1v) is 3.47. The normalized spacial score (nSPS) is 47.7. The third kappa shape index (κ3) is 0.969. The minimum atomic E-state index is -1.93. The third-order valence-electron chi connectivity index (χ3n) is 2.07. The van der Waals surface area contributed by atoms with Crippen LogP contribution in [-0.4, -0.2) is 52.6 Å². The highest BCUT2D eigenvalue weighted by atomic mass is 16.7. The zero-order valence-electron chi connectivity index (χ0n) is 5.80. The van der Waals surface area contributed by atoms with E-state index in [4.69, 9.17) is 14.6 Å². The van der Waals surface area contributed by atoms with Crippen molar-refractivity contribution in [2.24, 2.45) is 0 Å². The van der Waals surface area contributed by atoms with Gasteiger partial charge >= 0.3 is 0 Å². The zero-order chi connectivity index (χ0) is 8.06. The molecule has 2 aliphatic heterocycles. The SMILES string of the molecule is OC1CO[C@H]2[C@@H]1OCC2(O)O. The Labute approximate surface area is 63.2 Å². The second kappa shape index (κ2) is 2.15. The Bertz CT molecular complexity index is 168. The highest BCUT2D eigenvalue weighted by Gasteiger charge is 2.55. The lowest BCUT2D eigenvalue weighted by Gasteiger charge is -2.18. The van der Waals surface area contributed by atoms with Crippen LogP contribution in [0, 0.1) is 0 Å².